The summed E-state index contributed by atoms with van der Waals surface area (Å²) in [6, 6.07) is 32.8. The van der Waals surface area contributed by atoms with E-state index in [4.69, 9.17) is 0 Å². The van der Waals surface area contributed by atoms with E-state index in [1.807, 2.05) is 0 Å². The fourth-order valence-corrected chi connectivity index (χ4v) is 7.41. The van der Waals surface area contributed by atoms with Gasteiger partial charge in [-0.25, -0.2) is 0 Å². The Morgan fingerprint density at radius 3 is 0.917 bits per heavy atom. The summed E-state index contributed by atoms with van der Waals surface area (Å²) in [5.74, 6) is -2.19. The molecule has 0 spiro atoms. The Bertz CT molecular complexity index is 2570. The predicted octanol–water partition coefficient (Wildman–Crippen LogP) is 7.35. The van der Waals surface area contributed by atoms with Gasteiger partial charge in [0.1, 0.15) is 0 Å². The molecule has 0 bridgehead atoms. The molecule has 3 aliphatic carbocycles. The first-order chi connectivity index (χ1) is 23.4. The van der Waals surface area contributed by atoms with Gasteiger partial charge in [-0.15, -0.1) is 0 Å². The summed E-state index contributed by atoms with van der Waals surface area (Å²) in [6.07, 6.45) is 0. The zero-order valence-electron chi connectivity index (χ0n) is 25.0. The van der Waals surface area contributed by atoms with E-state index >= 15 is 0 Å². The number of fused-ring (bicyclic) bond motifs is 6. The smallest absolute Gasteiger partial charge is 0.195 e. The second kappa shape index (κ2) is 9.92. The summed E-state index contributed by atoms with van der Waals surface area (Å²) in [5, 5.41) is 0. The molecule has 0 radical (unpaired) electrons. The van der Waals surface area contributed by atoms with E-state index in [0.29, 0.717) is 16.7 Å². The average molecular weight is 621 g/mol. The molecule has 0 unspecified atom stereocenters. The van der Waals surface area contributed by atoms with Crippen LogP contribution in [-0.2, 0) is 0 Å². The van der Waals surface area contributed by atoms with Gasteiger partial charge in [-0.3, -0.25) is 28.8 Å². The van der Waals surface area contributed by atoms with Crippen LogP contribution in [0.2, 0.25) is 0 Å². The van der Waals surface area contributed by atoms with Gasteiger partial charge < -0.3 is 0 Å². The SMILES string of the molecule is O=C1c2ccccc2C(=O)c2c1cccc2-c1ccc2c(c1-c1cccc3c1C(=O)c1ccccc1C3=O)C(=O)c1ccccc1C2=O. The lowest BCUT2D eigenvalue weighted by Gasteiger charge is -2.27. The van der Waals surface area contributed by atoms with Gasteiger partial charge in [0.25, 0.3) is 0 Å². The predicted molar refractivity (Wildman–Crippen MR) is 177 cm³/mol. The molecule has 0 N–H and O–H groups in total. The number of rotatable bonds is 2. The fraction of sp³-hybridized carbons (Fsp3) is 0. The molecule has 0 amide bonds. The van der Waals surface area contributed by atoms with Gasteiger partial charge in [-0.1, -0.05) is 115 Å². The molecule has 6 heteroatoms. The van der Waals surface area contributed by atoms with E-state index in [9.17, 15) is 28.8 Å². The Morgan fingerprint density at radius 1 is 0.188 bits per heavy atom. The highest BCUT2D eigenvalue weighted by atomic mass is 16.2. The first-order valence-corrected chi connectivity index (χ1v) is 15.4. The molecule has 6 aromatic carbocycles. The van der Waals surface area contributed by atoms with Gasteiger partial charge in [0.15, 0.2) is 34.7 Å². The first kappa shape index (κ1) is 27.6. The number of benzene rings is 6. The standard InChI is InChI=1S/C42H20O6/c43-37-23-9-1-4-12-26(23)40(46)34-21(15-7-17-30(34)37)22-19-20-32-36(42(48)28-14-6-3-11-25(28)39(32)45)33(22)29-16-8-18-31-35(29)41(47)27-13-5-2-10-24(27)38(31)44/h1-20H. The Balaban J connectivity index is 1.40. The van der Waals surface area contributed by atoms with E-state index in [1.165, 1.54) is 0 Å². The minimum atomic E-state index is -0.429. The molecule has 3 aliphatic rings. The number of carbonyl (C=O) groups excluding carboxylic acids is 6. The molecular weight excluding hydrogens is 600 g/mol. The molecule has 48 heavy (non-hydrogen) atoms. The quantitative estimate of drug-likeness (QED) is 0.200. The number of hydrogen-bond acceptors (Lipinski definition) is 6. The molecule has 9 rings (SSSR count). The highest BCUT2D eigenvalue weighted by Crippen LogP contribution is 2.46. The van der Waals surface area contributed by atoms with Gasteiger partial charge >= 0.3 is 0 Å². The van der Waals surface area contributed by atoms with Gasteiger partial charge in [0, 0.05) is 72.3 Å². The van der Waals surface area contributed by atoms with Crippen molar-refractivity contribution in [3.63, 3.8) is 0 Å². The second-order valence-corrected chi connectivity index (χ2v) is 12.0. The zero-order chi connectivity index (χ0) is 32.8. The van der Waals surface area contributed by atoms with Crippen LogP contribution in [0.4, 0.5) is 0 Å². The van der Waals surface area contributed by atoms with E-state index in [2.05, 4.69) is 0 Å². The minimum Gasteiger partial charge on any atom is -0.289 e. The molecule has 6 nitrogen and oxygen atoms in total. The molecule has 224 valence electrons. The number of ketones is 6. The summed E-state index contributed by atoms with van der Waals surface area (Å²) in [6.45, 7) is 0. The molecule has 0 saturated heterocycles. The van der Waals surface area contributed by atoms with Crippen LogP contribution in [0, 0.1) is 0 Å². The van der Waals surface area contributed by atoms with Crippen LogP contribution in [0.3, 0.4) is 0 Å². The maximum atomic E-state index is 14.5. The summed E-state index contributed by atoms with van der Waals surface area (Å²) >= 11 is 0. The maximum Gasteiger partial charge on any atom is 0.195 e. The summed E-state index contributed by atoms with van der Waals surface area (Å²) < 4.78 is 0. The molecule has 0 fully saturated rings. The average Bonchev–Trinajstić information content (AvgIpc) is 3.14. The van der Waals surface area contributed by atoms with Crippen molar-refractivity contribution in [2.24, 2.45) is 0 Å². The highest BCUT2D eigenvalue weighted by molar-refractivity contribution is 6.35. The minimum absolute atomic E-state index is 0.0660. The summed E-state index contributed by atoms with van der Waals surface area (Å²) in [5.41, 5.74) is 3.66. The van der Waals surface area contributed by atoms with Crippen LogP contribution in [0.5, 0.6) is 0 Å². The van der Waals surface area contributed by atoms with E-state index < -0.39 is 11.6 Å². The lowest BCUT2D eigenvalue weighted by atomic mass is 9.73. The van der Waals surface area contributed by atoms with E-state index in [0.717, 1.165) is 0 Å². The molecule has 0 heterocycles. The van der Waals surface area contributed by atoms with Crippen molar-refractivity contribution >= 4 is 34.7 Å². The van der Waals surface area contributed by atoms with Crippen molar-refractivity contribution in [2.45, 2.75) is 0 Å². The third-order valence-electron chi connectivity index (χ3n) is 9.56. The monoisotopic (exact) mass is 620 g/mol. The van der Waals surface area contributed by atoms with Crippen LogP contribution < -0.4 is 0 Å². The molecule has 0 aliphatic heterocycles. The Morgan fingerprint density at radius 2 is 0.458 bits per heavy atom. The third-order valence-corrected chi connectivity index (χ3v) is 9.56. The second-order valence-electron chi connectivity index (χ2n) is 12.0. The molecule has 0 atom stereocenters. The molecule has 6 aromatic rings. The van der Waals surface area contributed by atoms with Crippen LogP contribution in [-0.4, -0.2) is 34.7 Å². The highest BCUT2D eigenvalue weighted by Gasteiger charge is 2.39. The fourth-order valence-electron chi connectivity index (χ4n) is 7.41. The van der Waals surface area contributed by atoms with E-state index in [1.54, 1.807) is 121 Å². The number of carbonyl (C=O) groups is 6. The van der Waals surface area contributed by atoms with Gasteiger partial charge in [0.2, 0.25) is 0 Å². The van der Waals surface area contributed by atoms with Crippen molar-refractivity contribution in [1.29, 1.82) is 0 Å². The summed E-state index contributed by atoms with van der Waals surface area (Å²) in [7, 11) is 0. The van der Waals surface area contributed by atoms with Crippen molar-refractivity contribution in [1.82, 2.24) is 0 Å². The van der Waals surface area contributed by atoms with Gasteiger partial charge in [0.05, 0.1) is 0 Å². The van der Waals surface area contributed by atoms with Crippen molar-refractivity contribution in [2.75, 3.05) is 0 Å². The normalized spacial score (nSPS) is 14.1. The topological polar surface area (TPSA) is 102 Å². The third kappa shape index (κ3) is 3.57. The Labute approximate surface area is 273 Å². The largest absolute Gasteiger partial charge is 0.289 e. The van der Waals surface area contributed by atoms with Crippen LogP contribution in [0.25, 0.3) is 22.3 Å². The van der Waals surface area contributed by atoms with Crippen molar-refractivity contribution in [3.8, 4) is 22.3 Å². The van der Waals surface area contributed by atoms with Crippen LogP contribution in [0.15, 0.2) is 121 Å². The Hall–Kier alpha value is -6.66. The van der Waals surface area contributed by atoms with Crippen LogP contribution >= 0.6 is 0 Å². The first-order valence-electron chi connectivity index (χ1n) is 15.4. The lowest BCUT2D eigenvalue weighted by Crippen LogP contribution is -2.25. The van der Waals surface area contributed by atoms with Gasteiger partial charge in [-0.2, -0.15) is 0 Å². The lowest BCUT2D eigenvalue weighted by molar-refractivity contribution is 0.0978. The number of hydrogen-bond donors (Lipinski definition) is 0. The molecule has 0 saturated carbocycles. The maximum absolute atomic E-state index is 14.5. The van der Waals surface area contributed by atoms with Crippen molar-refractivity contribution in [3.05, 3.63) is 188 Å². The molecule has 0 aromatic heterocycles. The van der Waals surface area contributed by atoms with Gasteiger partial charge in [-0.05, 0) is 22.8 Å². The zero-order valence-corrected chi connectivity index (χ0v) is 25.0. The molecular formula is C42H20O6. The Kier molecular flexibility index (Phi) is 5.71. The summed E-state index contributed by atoms with van der Waals surface area (Å²) in [4.78, 5) is 84.4. The van der Waals surface area contributed by atoms with E-state index in [-0.39, 0.29) is 95.5 Å². The van der Waals surface area contributed by atoms with Crippen molar-refractivity contribution < 1.29 is 28.8 Å². The van der Waals surface area contributed by atoms with Crippen LogP contribution in [0.1, 0.15) is 95.5 Å².